The Kier molecular flexibility index (Phi) is 4.15. The van der Waals surface area contributed by atoms with Gasteiger partial charge in [-0.2, -0.15) is 0 Å². The molecule has 0 radical (unpaired) electrons. The van der Waals surface area contributed by atoms with Crippen molar-refractivity contribution < 1.29 is 9.47 Å². The molecule has 1 heterocycles. The molecule has 0 aromatic carbocycles. The summed E-state index contributed by atoms with van der Waals surface area (Å²) in [7, 11) is 3.79. The second-order valence-corrected chi connectivity index (χ2v) is 5.42. The fraction of sp³-hybridized carbons (Fsp3) is 1.00. The van der Waals surface area contributed by atoms with Crippen LogP contribution in [0.2, 0.25) is 0 Å². The molecule has 2 unspecified atom stereocenters. The number of hydrogen-bond acceptors (Lipinski definition) is 3. The van der Waals surface area contributed by atoms with E-state index in [1.54, 1.807) is 7.11 Å². The highest BCUT2D eigenvalue weighted by atomic mass is 16.5. The van der Waals surface area contributed by atoms with Gasteiger partial charge in [0.2, 0.25) is 0 Å². The highest BCUT2D eigenvalue weighted by molar-refractivity contribution is 4.90. The van der Waals surface area contributed by atoms with Crippen molar-refractivity contribution >= 4 is 0 Å². The molecule has 1 rings (SSSR count). The van der Waals surface area contributed by atoms with Crippen LogP contribution in [0.3, 0.4) is 0 Å². The maximum Gasteiger partial charge on any atom is 0.0696 e. The third-order valence-corrected chi connectivity index (χ3v) is 3.36. The van der Waals surface area contributed by atoms with Crippen LogP contribution < -0.4 is 5.32 Å². The summed E-state index contributed by atoms with van der Waals surface area (Å²) in [5.74, 6) is 0. The molecule has 3 nitrogen and oxygen atoms in total. The van der Waals surface area contributed by atoms with Gasteiger partial charge in [-0.3, -0.25) is 0 Å². The molecule has 90 valence electrons. The minimum atomic E-state index is -0.107. The molecule has 3 heteroatoms. The second kappa shape index (κ2) is 4.81. The molecule has 0 aromatic heterocycles. The maximum absolute atomic E-state index is 5.92. The van der Waals surface area contributed by atoms with Crippen molar-refractivity contribution in [1.82, 2.24) is 5.32 Å². The van der Waals surface area contributed by atoms with Crippen molar-refractivity contribution in [1.29, 1.82) is 0 Å². The fourth-order valence-electron chi connectivity index (χ4n) is 2.47. The van der Waals surface area contributed by atoms with Gasteiger partial charge in [-0.1, -0.05) is 0 Å². The highest BCUT2D eigenvalue weighted by Gasteiger charge is 2.37. The minimum Gasteiger partial charge on any atom is -0.379 e. The molecular weight excluding hydrogens is 190 g/mol. The quantitative estimate of drug-likeness (QED) is 0.777. The van der Waals surface area contributed by atoms with Crippen molar-refractivity contribution in [2.24, 2.45) is 0 Å². The lowest BCUT2D eigenvalue weighted by Crippen LogP contribution is -2.48. The molecule has 15 heavy (non-hydrogen) atoms. The number of hydrogen-bond donors (Lipinski definition) is 1. The predicted molar refractivity (Wildman–Crippen MR) is 62.1 cm³/mol. The van der Waals surface area contributed by atoms with Crippen molar-refractivity contribution in [3.05, 3.63) is 0 Å². The van der Waals surface area contributed by atoms with Crippen molar-refractivity contribution in [2.75, 3.05) is 20.8 Å². The summed E-state index contributed by atoms with van der Waals surface area (Å²) in [5.41, 5.74) is -0.157. The molecule has 1 N–H and O–H groups in total. The molecule has 1 fully saturated rings. The Bertz CT molecular complexity index is 206. The molecular formula is C12H25NO2. The Hall–Kier alpha value is -0.120. The summed E-state index contributed by atoms with van der Waals surface area (Å²) < 4.78 is 11.4. The van der Waals surface area contributed by atoms with Crippen molar-refractivity contribution in [3.8, 4) is 0 Å². The molecule has 1 saturated heterocycles. The van der Waals surface area contributed by atoms with E-state index in [0.29, 0.717) is 6.04 Å². The largest absolute Gasteiger partial charge is 0.379 e. The van der Waals surface area contributed by atoms with Gasteiger partial charge < -0.3 is 14.8 Å². The minimum absolute atomic E-state index is 0.0502. The van der Waals surface area contributed by atoms with E-state index >= 15 is 0 Å². The van der Waals surface area contributed by atoms with Gasteiger partial charge >= 0.3 is 0 Å². The number of methoxy groups -OCH3 is 1. The van der Waals surface area contributed by atoms with Crippen LogP contribution >= 0.6 is 0 Å². The molecule has 0 saturated carbocycles. The first-order chi connectivity index (χ1) is 6.91. The van der Waals surface area contributed by atoms with E-state index < -0.39 is 0 Å². The van der Waals surface area contributed by atoms with Gasteiger partial charge in [0.15, 0.2) is 0 Å². The zero-order valence-corrected chi connectivity index (χ0v) is 10.7. The van der Waals surface area contributed by atoms with Crippen LogP contribution in [0.5, 0.6) is 0 Å². The van der Waals surface area contributed by atoms with E-state index in [4.69, 9.17) is 9.47 Å². The average Bonchev–Trinajstić information content (AvgIpc) is 2.16. The maximum atomic E-state index is 5.92. The molecule has 0 bridgehead atoms. The van der Waals surface area contributed by atoms with Gasteiger partial charge in [-0.05, 0) is 40.7 Å². The predicted octanol–water partition coefficient (Wildman–Crippen LogP) is 1.96. The van der Waals surface area contributed by atoms with Crippen LogP contribution in [-0.4, -0.2) is 38.0 Å². The molecule has 2 atom stereocenters. The zero-order valence-electron chi connectivity index (χ0n) is 10.7. The van der Waals surface area contributed by atoms with E-state index in [2.05, 4.69) is 26.1 Å². The van der Waals surface area contributed by atoms with Gasteiger partial charge in [0.25, 0.3) is 0 Å². The summed E-state index contributed by atoms with van der Waals surface area (Å²) in [6, 6.07) is 0.580. The summed E-state index contributed by atoms with van der Waals surface area (Å²) in [6.07, 6.45) is 3.12. The number of ether oxygens (including phenoxy) is 2. The molecule has 1 aliphatic rings. The first kappa shape index (κ1) is 12.9. The highest BCUT2D eigenvalue weighted by Crippen LogP contribution is 2.33. The van der Waals surface area contributed by atoms with E-state index in [1.807, 2.05) is 7.05 Å². The standard InChI is InChI=1S/C12H25NO2/c1-11(2,14-5)9-12(3)8-10(13-4)6-7-15-12/h10,13H,6-9H2,1-5H3. The lowest BCUT2D eigenvalue weighted by atomic mass is 9.83. The summed E-state index contributed by atoms with van der Waals surface area (Å²) >= 11 is 0. The summed E-state index contributed by atoms with van der Waals surface area (Å²) in [6.45, 7) is 7.27. The van der Waals surface area contributed by atoms with Crippen molar-refractivity contribution in [2.45, 2.75) is 57.3 Å². The van der Waals surface area contributed by atoms with Crippen LogP contribution in [0.4, 0.5) is 0 Å². The molecule has 0 amide bonds. The first-order valence-corrected chi connectivity index (χ1v) is 5.77. The van der Waals surface area contributed by atoms with Gasteiger partial charge in [0.05, 0.1) is 11.2 Å². The molecule has 1 aliphatic heterocycles. The van der Waals surface area contributed by atoms with Crippen LogP contribution in [0.15, 0.2) is 0 Å². The van der Waals surface area contributed by atoms with E-state index in [1.165, 1.54) is 0 Å². The second-order valence-electron chi connectivity index (χ2n) is 5.42. The fourth-order valence-corrected chi connectivity index (χ4v) is 2.47. The summed E-state index contributed by atoms with van der Waals surface area (Å²) in [5, 5.41) is 3.34. The normalized spacial score (nSPS) is 33.0. The SMILES string of the molecule is CNC1CCOC(C)(CC(C)(C)OC)C1. The third-order valence-electron chi connectivity index (χ3n) is 3.36. The number of nitrogens with one attached hydrogen (secondary N) is 1. The van der Waals surface area contributed by atoms with Crippen LogP contribution in [0, 0.1) is 0 Å². The Morgan fingerprint density at radius 2 is 2.20 bits per heavy atom. The third kappa shape index (κ3) is 3.74. The van der Waals surface area contributed by atoms with E-state index in [0.717, 1.165) is 25.9 Å². The van der Waals surface area contributed by atoms with E-state index in [9.17, 15) is 0 Å². The lowest BCUT2D eigenvalue weighted by Gasteiger charge is -2.42. The smallest absolute Gasteiger partial charge is 0.0696 e. The topological polar surface area (TPSA) is 30.5 Å². The monoisotopic (exact) mass is 215 g/mol. The number of rotatable bonds is 4. The van der Waals surface area contributed by atoms with Crippen LogP contribution in [-0.2, 0) is 9.47 Å². The Morgan fingerprint density at radius 3 is 2.73 bits per heavy atom. The summed E-state index contributed by atoms with van der Waals surface area (Å²) in [4.78, 5) is 0. The van der Waals surface area contributed by atoms with Gasteiger partial charge in [-0.15, -0.1) is 0 Å². The van der Waals surface area contributed by atoms with Crippen molar-refractivity contribution in [3.63, 3.8) is 0 Å². The Labute approximate surface area is 93.5 Å². The van der Waals surface area contributed by atoms with Gasteiger partial charge in [0.1, 0.15) is 0 Å². The van der Waals surface area contributed by atoms with E-state index in [-0.39, 0.29) is 11.2 Å². The Balaban J connectivity index is 2.57. The zero-order chi connectivity index (χ0) is 11.5. The van der Waals surface area contributed by atoms with Crippen LogP contribution in [0.1, 0.15) is 40.0 Å². The van der Waals surface area contributed by atoms with Crippen LogP contribution in [0.25, 0.3) is 0 Å². The first-order valence-electron chi connectivity index (χ1n) is 5.77. The molecule has 0 aliphatic carbocycles. The van der Waals surface area contributed by atoms with Gasteiger partial charge in [0, 0.05) is 26.2 Å². The molecule has 0 spiro atoms. The average molecular weight is 215 g/mol. The molecule has 0 aromatic rings. The lowest BCUT2D eigenvalue weighted by molar-refractivity contribution is -0.123. The Morgan fingerprint density at radius 1 is 1.53 bits per heavy atom. The van der Waals surface area contributed by atoms with Gasteiger partial charge in [-0.25, -0.2) is 0 Å².